The van der Waals surface area contributed by atoms with E-state index in [0.29, 0.717) is 17.7 Å². The zero-order valence-electron chi connectivity index (χ0n) is 12.1. The summed E-state index contributed by atoms with van der Waals surface area (Å²) in [4.78, 5) is 25.2. The Kier molecular flexibility index (Phi) is 6.37. The van der Waals surface area contributed by atoms with Crippen molar-refractivity contribution in [3.05, 3.63) is 35.4 Å². The first-order valence-electron chi connectivity index (χ1n) is 6.52. The second kappa shape index (κ2) is 8.02. The van der Waals surface area contributed by atoms with Gasteiger partial charge in [-0.15, -0.1) is 0 Å². The van der Waals surface area contributed by atoms with E-state index in [0.717, 1.165) is 0 Å². The van der Waals surface area contributed by atoms with Crippen molar-refractivity contribution in [2.24, 2.45) is 0 Å². The molecule has 0 unspecified atom stereocenters. The van der Waals surface area contributed by atoms with Crippen LogP contribution in [0.1, 0.15) is 29.3 Å². The van der Waals surface area contributed by atoms with Gasteiger partial charge in [-0.1, -0.05) is 12.1 Å². The maximum Gasteiger partial charge on any atom is 0.338 e. The van der Waals surface area contributed by atoms with Crippen LogP contribution in [0, 0.1) is 11.3 Å². The van der Waals surface area contributed by atoms with Gasteiger partial charge in [-0.05, 0) is 24.6 Å². The Labute approximate surface area is 123 Å². The number of carbonyl (C=O) groups excluding carboxylic acids is 2. The van der Waals surface area contributed by atoms with Crippen LogP contribution in [0.3, 0.4) is 0 Å². The molecular weight excluding hydrogens is 272 g/mol. The van der Waals surface area contributed by atoms with E-state index in [9.17, 15) is 9.59 Å². The van der Waals surface area contributed by atoms with E-state index in [-0.39, 0.29) is 18.9 Å². The van der Waals surface area contributed by atoms with Gasteiger partial charge in [0, 0.05) is 13.6 Å². The predicted molar refractivity (Wildman–Crippen MR) is 75.1 cm³/mol. The Morgan fingerprint density at radius 3 is 2.52 bits per heavy atom. The van der Waals surface area contributed by atoms with Crippen molar-refractivity contribution in [1.82, 2.24) is 4.90 Å². The van der Waals surface area contributed by atoms with Crippen molar-refractivity contribution < 1.29 is 19.4 Å². The molecule has 0 saturated heterocycles. The van der Waals surface area contributed by atoms with Gasteiger partial charge in [0.15, 0.2) is 6.10 Å². The first-order valence-corrected chi connectivity index (χ1v) is 6.52. The monoisotopic (exact) mass is 290 g/mol. The van der Waals surface area contributed by atoms with E-state index in [2.05, 4.69) is 0 Å². The summed E-state index contributed by atoms with van der Waals surface area (Å²) < 4.78 is 5.10. The van der Waals surface area contributed by atoms with Crippen LogP contribution >= 0.6 is 0 Å². The minimum atomic E-state index is -0.918. The summed E-state index contributed by atoms with van der Waals surface area (Å²) in [6.45, 7) is 1.68. The lowest BCUT2D eigenvalue weighted by Crippen LogP contribution is -2.37. The molecule has 6 nitrogen and oxygen atoms in total. The average molecular weight is 290 g/mol. The number of hydrogen-bond donors (Lipinski definition) is 1. The molecule has 0 bridgehead atoms. The van der Waals surface area contributed by atoms with Crippen LogP contribution in [0.5, 0.6) is 0 Å². The van der Waals surface area contributed by atoms with Crippen LogP contribution in [-0.2, 0) is 16.1 Å². The lowest BCUT2D eigenvalue weighted by atomic mass is 10.1. The van der Waals surface area contributed by atoms with Gasteiger partial charge in [0.05, 0.1) is 24.7 Å². The van der Waals surface area contributed by atoms with Crippen molar-refractivity contribution in [1.29, 1.82) is 5.26 Å². The third-order valence-electron chi connectivity index (χ3n) is 2.94. The molecule has 21 heavy (non-hydrogen) atoms. The number of benzene rings is 1. The van der Waals surface area contributed by atoms with Gasteiger partial charge in [0.25, 0.3) is 5.91 Å². The molecule has 0 heterocycles. The Morgan fingerprint density at radius 2 is 2.00 bits per heavy atom. The summed E-state index contributed by atoms with van der Waals surface area (Å²) >= 11 is 0. The maximum atomic E-state index is 11.9. The molecule has 1 aromatic carbocycles. The van der Waals surface area contributed by atoms with Crippen LogP contribution in [-0.4, -0.2) is 41.6 Å². The van der Waals surface area contributed by atoms with Crippen LogP contribution in [0.25, 0.3) is 0 Å². The molecule has 0 aliphatic rings. The van der Waals surface area contributed by atoms with Crippen molar-refractivity contribution in [2.75, 3.05) is 13.6 Å². The van der Waals surface area contributed by atoms with Gasteiger partial charge in [-0.3, -0.25) is 4.79 Å². The van der Waals surface area contributed by atoms with Crippen molar-refractivity contribution in [3.8, 4) is 6.07 Å². The zero-order valence-corrected chi connectivity index (χ0v) is 12.1. The quantitative estimate of drug-likeness (QED) is 0.792. The third-order valence-corrected chi connectivity index (χ3v) is 2.94. The number of carbonyl (C=O) groups is 2. The summed E-state index contributed by atoms with van der Waals surface area (Å²) in [5.41, 5.74) is 0.999. The molecule has 0 aromatic heterocycles. The Hall–Kier alpha value is -2.39. The van der Waals surface area contributed by atoms with E-state index >= 15 is 0 Å². The van der Waals surface area contributed by atoms with E-state index in [1.54, 1.807) is 19.2 Å². The van der Waals surface area contributed by atoms with Gasteiger partial charge in [-0.2, -0.15) is 5.26 Å². The number of aliphatic hydroxyl groups is 1. The zero-order chi connectivity index (χ0) is 15.8. The largest absolute Gasteiger partial charge is 0.449 e. The molecule has 1 atom stereocenters. The maximum absolute atomic E-state index is 11.9. The van der Waals surface area contributed by atoms with Crippen LogP contribution < -0.4 is 0 Å². The molecule has 1 rings (SSSR count). The first-order chi connectivity index (χ1) is 9.99. The Morgan fingerprint density at radius 1 is 1.38 bits per heavy atom. The number of aliphatic hydroxyl groups excluding tert-OH is 1. The number of esters is 1. The number of amides is 1. The summed E-state index contributed by atoms with van der Waals surface area (Å²) in [6.07, 6.45) is -0.690. The second-order valence-electron chi connectivity index (χ2n) is 4.57. The standard InChI is InChI=1S/C15H18N2O4/c1-11(14(19)17(2)9-3-8-16)21-15(20)13-6-4-12(10-18)5-7-13/h4-7,11,18H,3,9-10H2,1-2H3/t11-/m1/s1. The molecular formula is C15H18N2O4. The highest BCUT2D eigenvalue weighted by molar-refractivity contribution is 5.92. The highest BCUT2D eigenvalue weighted by Crippen LogP contribution is 2.08. The van der Waals surface area contributed by atoms with Crippen LogP contribution in [0.2, 0.25) is 0 Å². The highest BCUT2D eigenvalue weighted by atomic mass is 16.5. The van der Waals surface area contributed by atoms with Crippen molar-refractivity contribution >= 4 is 11.9 Å². The normalized spacial score (nSPS) is 11.3. The molecule has 0 aliphatic carbocycles. The number of hydrogen-bond acceptors (Lipinski definition) is 5. The fraction of sp³-hybridized carbons (Fsp3) is 0.400. The van der Waals surface area contributed by atoms with Gasteiger partial charge in [0.1, 0.15) is 0 Å². The van der Waals surface area contributed by atoms with Gasteiger partial charge < -0.3 is 14.7 Å². The topological polar surface area (TPSA) is 90.6 Å². The number of likely N-dealkylation sites (N-methyl/N-ethyl adjacent to an activating group) is 1. The van der Waals surface area contributed by atoms with Gasteiger partial charge >= 0.3 is 5.97 Å². The fourth-order valence-corrected chi connectivity index (χ4v) is 1.66. The molecule has 112 valence electrons. The number of nitriles is 1. The smallest absolute Gasteiger partial charge is 0.338 e. The summed E-state index contributed by atoms with van der Waals surface area (Å²) in [5, 5.41) is 17.4. The third kappa shape index (κ3) is 4.89. The lowest BCUT2D eigenvalue weighted by Gasteiger charge is -2.20. The van der Waals surface area contributed by atoms with E-state index in [1.165, 1.54) is 24.0 Å². The Bertz CT molecular complexity index is 534. The average Bonchev–Trinajstić information content (AvgIpc) is 2.51. The van der Waals surface area contributed by atoms with E-state index in [4.69, 9.17) is 15.1 Å². The molecule has 1 aromatic rings. The molecule has 0 radical (unpaired) electrons. The lowest BCUT2D eigenvalue weighted by molar-refractivity contribution is -0.138. The predicted octanol–water partition coefficient (Wildman–Crippen LogP) is 1.10. The van der Waals surface area contributed by atoms with E-state index in [1.807, 2.05) is 6.07 Å². The Balaban J connectivity index is 2.60. The van der Waals surface area contributed by atoms with Gasteiger partial charge in [0.2, 0.25) is 0 Å². The molecule has 1 N–H and O–H groups in total. The van der Waals surface area contributed by atoms with E-state index < -0.39 is 12.1 Å². The number of ether oxygens (including phenoxy) is 1. The molecule has 0 aliphatic heterocycles. The molecule has 0 saturated carbocycles. The minimum absolute atomic E-state index is 0.103. The first kappa shape index (κ1) is 16.7. The molecule has 0 fully saturated rings. The summed E-state index contributed by atoms with van der Waals surface area (Å²) in [5.74, 6) is -0.959. The summed E-state index contributed by atoms with van der Waals surface area (Å²) in [6, 6.07) is 8.24. The fourth-order valence-electron chi connectivity index (χ4n) is 1.66. The van der Waals surface area contributed by atoms with Crippen molar-refractivity contribution in [2.45, 2.75) is 26.1 Å². The van der Waals surface area contributed by atoms with Crippen LogP contribution in [0.4, 0.5) is 0 Å². The molecule has 6 heteroatoms. The molecule has 0 spiro atoms. The number of nitrogens with zero attached hydrogens (tertiary/aromatic N) is 2. The second-order valence-corrected chi connectivity index (χ2v) is 4.57. The highest BCUT2D eigenvalue weighted by Gasteiger charge is 2.21. The summed E-state index contributed by atoms with van der Waals surface area (Å²) in [7, 11) is 1.56. The van der Waals surface area contributed by atoms with Crippen molar-refractivity contribution in [3.63, 3.8) is 0 Å². The van der Waals surface area contributed by atoms with Gasteiger partial charge in [-0.25, -0.2) is 4.79 Å². The molecule has 1 amide bonds. The van der Waals surface area contributed by atoms with Crippen LogP contribution in [0.15, 0.2) is 24.3 Å². The number of rotatable bonds is 6. The SMILES string of the molecule is C[C@@H](OC(=O)c1ccc(CO)cc1)C(=O)N(C)CCC#N. The minimum Gasteiger partial charge on any atom is -0.449 e.